The number of hydrogen-bond acceptors (Lipinski definition) is 3. The topological polar surface area (TPSA) is 54.9 Å². The standard InChI is InChI=1S/C19H30F3N3O2/c1-4-23-18(25-10-11-27-13-12-26-3)24-9-8-15(2)16-6-5-7-17(14-16)19(20,21)22/h5-7,14-15H,4,8-13H2,1-3H3,(H2,23,24,25). The van der Waals surface area contributed by atoms with Crippen LogP contribution in [-0.4, -0.2) is 52.5 Å². The van der Waals surface area contributed by atoms with Crippen molar-refractivity contribution in [1.29, 1.82) is 0 Å². The first-order chi connectivity index (χ1) is 12.9. The van der Waals surface area contributed by atoms with Crippen LogP contribution in [0.1, 0.15) is 37.3 Å². The van der Waals surface area contributed by atoms with Gasteiger partial charge in [-0.1, -0.05) is 25.1 Å². The lowest BCUT2D eigenvalue weighted by molar-refractivity contribution is -0.137. The number of nitrogens with zero attached hydrogens (tertiary/aromatic N) is 1. The van der Waals surface area contributed by atoms with Crippen LogP contribution in [-0.2, 0) is 15.7 Å². The molecule has 0 aliphatic rings. The highest BCUT2D eigenvalue weighted by Gasteiger charge is 2.30. The summed E-state index contributed by atoms with van der Waals surface area (Å²) in [6.45, 7) is 7.36. The summed E-state index contributed by atoms with van der Waals surface area (Å²) in [4.78, 5) is 4.48. The Kier molecular flexibility index (Phi) is 10.8. The van der Waals surface area contributed by atoms with E-state index in [2.05, 4.69) is 15.6 Å². The van der Waals surface area contributed by atoms with Gasteiger partial charge >= 0.3 is 6.18 Å². The molecule has 0 heterocycles. The highest BCUT2D eigenvalue weighted by atomic mass is 19.4. The van der Waals surface area contributed by atoms with Gasteiger partial charge in [-0.2, -0.15) is 13.2 Å². The first kappa shape index (κ1) is 23.2. The maximum atomic E-state index is 12.8. The van der Waals surface area contributed by atoms with E-state index in [-0.39, 0.29) is 5.92 Å². The van der Waals surface area contributed by atoms with E-state index in [4.69, 9.17) is 9.47 Å². The molecular formula is C19H30F3N3O2. The Morgan fingerprint density at radius 3 is 2.63 bits per heavy atom. The van der Waals surface area contributed by atoms with Crippen LogP contribution >= 0.6 is 0 Å². The minimum atomic E-state index is -4.32. The summed E-state index contributed by atoms with van der Waals surface area (Å²) >= 11 is 0. The van der Waals surface area contributed by atoms with E-state index in [0.29, 0.717) is 50.9 Å². The van der Waals surface area contributed by atoms with Crippen molar-refractivity contribution >= 4 is 5.96 Å². The Balaban J connectivity index is 2.48. The molecular weight excluding hydrogens is 359 g/mol. The van der Waals surface area contributed by atoms with Gasteiger partial charge in [0.2, 0.25) is 0 Å². The fraction of sp³-hybridized carbons (Fsp3) is 0.632. The Morgan fingerprint density at radius 1 is 1.19 bits per heavy atom. The third-order valence-corrected chi connectivity index (χ3v) is 3.93. The second kappa shape index (κ2) is 12.6. The highest BCUT2D eigenvalue weighted by molar-refractivity contribution is 5.79. The lowest BCUT2D eigenvalue weighted by Gasteiger charge is -2.15. The van der Waals surface area contributed by atoms with Gasteiger partial charge < -0.3 is 20.1 Å². The molecule has 5 nitrogen and oxygen atoms in total. The average Bonchev–Trinajstić information content (AvgIpc) is 2.63. The molecule has 1 atom stereocenters. The van der Waals surface area contributed by atoms with Crippen LogP contribution < -0.4 is 10.6 Å². The molecule has 0 saturated carbocycles. The van der Waals surface area contributed by atoms with Crippen molar-refractivity contribution in [3.8, 4) is 0 Å². The summed E-state index contributed by atoms with van der Waals surface area (Å²) in [5, 5.41) is 6.30. The van der Waals surface area contributed by atoms with Gasteiger partial charge in [0.15, 0.2) is 5.96 Å². The van der Waals surface area contributed by atoms with Gasteiger partial charge in [0.1, 0.15) is 0 Å². The minimum Gasteiger partial charge on any atom is -0.382 e. The molecule has 0 spiro atoms. The molecule has 0 aromatic heterocycles. The largest absolute Gasteiger partial charge is 0.416 e. The normalized spacial score (nSPS) is 13.5. The lowest BCUT2D eigenvalue weighted by atomic mass is 9.96. The van der Waals surface area contributed by atoms with Crippen LogP contribution in [0.15, 0.2) is 29.3 Å². The van der Waals surface area contributed by atoms with E-state index in [1.165, 1.54) is 12.1 Å². The molecule has 27 heavy (non-hydrogen) atoms. The number of methoxy groups -OCH3 is 1. The van der Waals surface area contributed by atoms with Crippen molar-refractivity contribution in [2.24, 2.45) is 4.99 Å². The molecule has 0 radical (unpaired) electrons. The zero-order valence-corrected chi connectivity index (χ0v) is 16.2. The number of guanidine groups is 1. The Bertz CT molecular complexity index is 565. The van der Waals surface area contributed by atoms with Crippen LogP contribution in [0, 0.1) is 0 Å². The zero-order valence-electron chi connectivity index (χ0n) is 16.2. The molecule has 0 fully saturated rings. The monoisotopic (exact) mass is 389 g/mol. The minimum absolute atomic E-state index is 0.0173. The number of ether oxygens (including phenoxy) is 2. The molecule has 8 heteroatoms. The molecule has 1 aromatic rings. The average molecular weight is 389 g/mol. The van der Waals surface area contributed by atoms with E-state index >= 15 is 0 Å². The number of benzene rings is 1. The molecule has 0 saturated heterocycles. The molecule has 154 valence electrons. The van der Waals surface area contributed by atoms with Crippen LogP contribution in [0.4, 0.5) is 13.2 Å². The number of halogens is 3. The van der Waals surface area contributed by atoms with E-state index in [0.717, 1.165) is 12.6 Å². The summed E-state index contributed by atoms with van der Waals surface area (Å²) < 4.78 is 48.8. The van der Waals surface area contributed by atoms with Crippen molar-refractivity contribution in [2.75, 3.05) is 46.6 Å². The summed E-state index contributed by atoms with van der Waals surface area (Å²) in [6.07, 6.45) is -3.66. The number of alkyl halides is 3. The zero-order chi connectivity index (χ0) is 20.1. The smallest absolute Gasteiger partial charge is 0.382 e. The Labute approximate surface area is 159 Å². The quantitative estimate of drug-likeness (QED) is 0.346. The molecule has 0 aliphatic heterocycles. The third-order valence-electron chi connectivity index (χ3n) is 3.93. The van der Waals surface area contributed by atoms with Crippen LogP contribution in [0.25, 0.3) is 0 Å². The predicted molar refractivity (Wildman–Crippen MR) is 101 cm³/mol. The van der Waals surface area contributed by atoms with E-state index < -0.39 is 11.7 Å². The summed E-state index contributed by atoms with van der Waals surface area (Å²) in [7, 11) is 1.62. The van der Waals surface area contributed by atoms with Crippen molar-refractivity contribution in [3.05, 3.63) is 35.4 Å². The number of rotatable bonds is 11. The SMILES string of the molecule is CCNC(=NCCC(C)c1cccc(C(F)(F)F)c1)NCCOCCOC. The van der Waals surface area contributed by atoms with Crippen molar-refractivity contribution in [2.45, 2.75) is 32.4 Å². The van der Waals surface area contributed by atoms with Gasteiger partial charge in [0.25, 0.3) is 0 Å². The molecule has 0 aliphatic carbocycles. The molecule has 1 aromatic carbocycles. The second-order valence-electron chi connectivity index (χ2n) is 6.11. The van der Waals surface area contributed by atoms with Crippen molar-refractivity contribution in [3.63, 3.8) is 0 Å². The van der Waals surface area contributed by atoms with Crippen LogP contribution in [0.3, 0.4) is 0 Å². The fourth-order valence-electron chi connectivity index (χ4n) is 2.39. The first-order valence-corrected chi connectivity index (χ1v) is 9.14. The van der Waals surface area contributed by atoms with Gasteiger partial charge in [-0.3, -0.25) is 4.99 Å². The van der Waals surface area contributed by atoms with Crippen molar-refractivity contribution < 1.29 is 22.6 Å². The van der Waals surface area contributed by atoms with Gasteiger partial charge in [-0.15, -0.1) is 0 Å². The van der Waals surface area contributed by atoms with Crippen LogP contribution in [0.2, 0.25) is 0 Å². The molecule has 0 bridgehead atoms. The number of aliphatic imine (C=N–C) groups is 1. The third kappa shape index (κ3) is 9.63. The maximum Gasteiger partial charge on any atom is 0.416 e. The molecule has 0 amide bonds. The molecule has 1 unspecified atom stereocenters. The van der Waals surface area contributed by atoms with Crippen molar-refractivity contribution in [1.82, 2.24) is 10.6 Å². The van der Waals surface area contributed by atoms with E-state index in [9.17, 15) is 13.2 Å². The van der Waals surface area contributed by atoms with Crippen LogP contribution in [0.5, 0.6) is 0 Å². The molecule has 2 N–H and O–H groups in total. The fourth-order valence-corrected chi connectivity index (χ4v) is 2.39. The highest BCUT2D eigenvalue weighted by Crippen LogP contribution is 2.31. The summed E-state index contributed by atoms with van der Waals surface area (Å²) in [5.41, 5.74) is 0.0587. The first-order valence-electron chi connectivity index (χ1n) is 9.14. The summed E-state index contributed by atoms with van der Waals surface area (Å²) in [5.74, 6) is 0.653. The number of nitrogens with one attached hydrogen (secondary N) is 2. The Hall–Kier alpha value is -1.80. The number of hydrogen-bond donors (Lipinski definition) is 2. The van der Waals surface area contributed by atoms with Gasteiger partial charge in [0.05, 0.1) is 25.4 Å². The molecule has 1 rings (SSSR count). The Morgan fingerprint density at radius 2 is 1.96 bits per heavy atom. The predicted octanol–water partition coefficient (Wildman–Crippen LogP) is 3.42. The van der Waals surface area contributed by atoms with Gasteiger partial charge in [-0.25, -0.2) is 0 Å². The summed E-state index contributed by atoms with van der Waals surface area (Å²) in [6, 6.07) is 5.49. The van der Waals surface area contributed by atoms with Gasteiger partial charge in [0, 0.05) is 26.7 Å². The second-order valence-corrected chi connectivity index (χ2v) is 6.11. The maximum absolute atomic E-state index is 12.8. The van der Waals surface area contributed by atoms with E-state index in [1.807, 2.05) is 13.8 Å². The van der Waals surface area contributed by atoms with E-state index in [1.54, 1.807) is 13.2 Å². The lowest BCUT2D eigenvalue weighted by Crippen LogP contribution is -2.39. The van der Waals surface area contributed by atoms with Gasteiger partial charge in [-0.05, 0) is 30.9 Å².